The average Bonchev–Trinajstić information content (AvgIpc) is 3.03. The Labute approximate surface area is 166 Å². The van der Waals surface area contributed by atoms with Gasteiger partial charge in [0.2, 0.25) is 6.04 Å². The molecule has 0 saturated carbocycles. The standard InChI is InChI=1S/C18H23N5O6/c19-15(20)11-1-3-12(4-2-11)23-10-13(29-18(23)28)9-21-5-7-22(8-6-21)14(16(24)25)17(26)27/h1-4,13-14H,5-10H2,(H3,19,20)(H,24,25)(H,26,27). The van der Waals surface area contributed by atoms with Crippen molar-refractivity contribution in [2.75, 3.05) is 44.2 Å². The van der Waals surface area contributed by atoms with Crippen LogP contribution in [0.15, 0.2) is 24.3 Å². The van der Waals surface area contributed by atoms with Crippen LogP contribution >= 0.6 is 0 Å². The number of rotatable bonds is 7. The van der Waals surface area contributed by atoms with Gasteiger partial charge in [-0.1, -0.05) is 0 Å². The number of piperazine rings is 1. The number of aliphatic carboxylic acids is 2. The van der Waals surface area contributed by atoms with Crippen LogP contribution in [0.25, 0.3) is 0 Å². The number of amidine groups is 1. The third-order valence-electron chi connectivity index (χ3n) is 5.07. The van der Waals surface area contributed by atoms with Crippen molar-refractivity contribution in [2.24, 2.45) is 5.73 Å². The number of cyclic esters (lactones) is 1. The van der Waals surface area contributed by atoms with E-state index in [0.717, 1.165) is 0 Å². The fourth-order valence-electron chi connectivity index (χ4n) is 3.56. The molecule has 2 aliphatic heterocycles. The zero-order valence-electron chi connectivity index (χ0n) is 15.7. The highest BCUT2D eigenvalue weighted by Crippen LogP contribution is 2.23. The number of ether oxygens (including phenoxy) is 1. The van der Waals surface area contributed by atoms with E-state index in [0.29, 0.717) is 50.5 Å². The summed E-state index contributed by atoms with van der Waals surface area (Å²) in [4.78, 5) is 39.5. The van der Waals surface area contributed by atoms with Gasteiger partial charge in [0.15, 0.2) is 0 Å². The molecule has 0 radical (unpaired) electrons. The number of carboxylic acids is 2. The predicted molar refractivity (Wildman–Crippen MR) is 102 cm³/mol. The average molecular weight is 405 g/mol. The van der Waals surface area contributed by atoms with Gasteiger partial charge in [-0.15, -0.1) is 0 Å². The lowest BCUT2D eigenvalue weighted by molar-refractivity contribution is -0.157. The first kappa shape index (κ1) is 20.6. The number of nitrogens with two attached hydrogens (primary N) is 1. The summed E-state index contributed by atoms with van der Waals surface area (Å²) in [6.07, 6.45) is -0.808. The van der Waals surface area contributed by atoms with E-state index in [1.54, 1.807) is 24.3 Å². The van der Waals surface area contributed by atoms with Crippen LogP contribution in [0.3, 0.4) is 0 Å². The van der Waals surface area contributed by atoms with Crippen molar-refractivity contribution in [2.45, 2.75) is 12.1 Å². The first-order valence-corrected chi connectivity index (χ1v) is 9.11. The Morgan fingerprint density at radius 2 is 1.72 bits per heavy atom. The van der Waals surface area contributed by atoms with Crippen LogP contribution in [0.2, 0.25) is 0 Å². The fraction of sp³-hybridized carbons (Fsp3) is 0.444. The Balaban J connectivity index is 1.53. The Bertz CT molecular complexity index is 791. The van der Waals surface area contributed by atoms with Crippen LogP contribution in [-0.2, 0) is 14.3 Å². The molecular weight excluding hydrogens is 382 g/mol. The molecule has 156 valence electrons. The lowest BCUT2D eigenvalue weighted by Gasteiger charge is -2.36. The lowest BCUT2D eigenvalue weighted by Crippen LogP contribution is -2.56. The zero-order chi connectivity index (χ0) is 21.1. The second kappa shape index (κ2) is 8.45. The number of carbonyl (C=O) groups is 3. The van der Waals surface area contributed by atoms with Gasteiger partial charge >= 0.3 is 18.0 Å². The van der Waals surface area contributed by atoms with Crippen LogP contribution in [-0.4, -0.2) is 95.3 Å². The van der Waals surface area contributed by atoms with Gasteiger partial charge in [0, 0.05) is 44.0 Å². The quantitative estimate of drug-likeness (QED) is 0.265. The van der Waals surface area contributed by atoms with E-state index in [2.05, 4.69) is 0 Å². The normalized spacial score (nSPS) is 20.7. The first-order valence-electron chi connectivity index (χ1n) is 9.11. The molecule has 1 aromatic carbocycles. The summed E-state index contributed by atoms with van der Waals surface area (Å²) < 4.78 is 5.44. The van der Waals surface area contributed by atoms with Crippen molar-refractivity contribution >= 4 is 29.6 Å². The third-order valence-corrected chi connectivity index (χ3v) is 5.07. The van der Waals surface area contributed by atoms with E-state index in [1.807, 2.05) is 4.90 Å². The molecule has 3 rings (SSSR count). The molecule has 1 aromatic rings. The monoisotopic (exact) mass is 405 g/mol. The van der Waals surface area contributed by atoms with E-state index in [9.17, 15) is 14.4 Å². The first-order chi connectivity index (χ1) is 13.8. The van der Waals surface area contributed by atoms with Crippen molar-refractivity contribution in [3.63, 3.8) is 0 Å². The van der Waals surface area contributed by atoms with Gasteiger partial charge in [-0.2, -0.15) is 0 Å². The summed E-state index contributed by atoms with van der Waals surface area (Å²) in [5, 5.41) is 25.6. The minimum atomic E-state index is -1.55. The summed E-state index contributed by atoms with van der Waals surface area (Å²) >= 11 is 0. The lowest BCUT2D eigenvalue weighted by atomic mass is 10.1. The second-order valence-electron chi connectivity index (χ2n) is 6.99. The zero-order valence-corrected chi connectivity index (χ0v) is 15.7. The van der Waals surface area contributed by atoms with Crippen LogP contribution in [0.5, 0.6) is 0 Å². The van der Waals surface area contributed by atoms with Crippen molar-refractivity contribution in [1.29, 1.82) is 5.41 Å². The number of amides is 1. The molecule has 2 heterocycles. The smallest absolute Gasteiger partial charge is 0.414 e. The highest BCUT2D eigenvalue weighted by atomic mass is 16.6. The van der Waals surface area contributed by atoms with Gasteiger partial charge in [0.05, 0.1) is 6.54 Å². The van der Waals surface area contributed by atoms with Crippen molar-refractivity contribution in [3.05, 3.63) is 29.8 Å². The van der Waals surface area contributed by atoms with E-state index in [4.69, 9.17) is 26.1 Å². The number of nitrogen functional groups attached to an aromatic ring is 1. The minimum absolute atomic E-state index is 0.0504. The van der Waals surface area contributed by atoms with Crippen LogP contribution in [0.4, 0.5) is 10.5 Å². The van der Waals surface area contributed by atoms with Crippen LogP contribution in [0, 0.1) is 5.41 Å². The molecule has 2 aliphatic rings. The van der Waals surface area contributed by atoms with Gasteiger partial charge in [0.25, 0.3) is 0 Å². The Morgan fingerprint density at radius 1 is 1.14 bits per heavy atom. The molecule has 0 aromatic heterocycles. The summed E-state index contributed by atoms with van der Waals surface area (Å²) in [7, 11) is 0. The molecular formula is C18H23N5O6. The summed E-state index contributed by atoms with van der Waals surface area (Å²) in [5.74, 6) is -2.80. The number of benzene rings is 1. The minimum Gasteiger partial charge on any atom is -0.480 e. The van der Waals surface area contributed by atoms with Crippen LogP contribution < -0.4 is 10.6 Å². The Kier molecular flexibility index (Phi) is 5.99. The van der Waals surface area contributed by atoms with Crippen LogP contribution in [0.1, 0.15) is 5.56 Å². The summed E-state index contributed by atoms with van der Waals surface area (Å²) in [6, 6.07) is 5.20. The maximum absolute atomic E-state index is 12.2. The van der Waals surface area contributed by atoms with E-state index >= 15 is 0 Å². The molecule has 2 saturated heterocycles. The van der Waals surface area contributed by atoms with Gasteiger partial charge < -0.3 is 20.7 Å². The molecule has 0 bridgehead atoms. The molecule has 1 amide bonds. The van der Waals surface area contributed by atoms with Gasteiger partial charge in [-0.3, -0.25) is 20.1 Å². The van der Waals surface area contributed by atoms with E-state index in [-0.39, 0.29) is 11.9 Å². The van der Waals surface area contributed by atoms with Crippen molar-refractivity contribution < 1.29 is 29.3 Å². The number of hydrogen-bond acceptors (Lipinski definition) is 7. The van der Waals surface area contributed by atoms with E-state index in [1.165, 1.54) is 9.80 Å². The molecule has 29 heavy (non-hydrogen) atoms. The molecule has 1 atom stereocenters. The molecule has 2 fully saturated rings. The number of anilines is 1. The largest absolute Gasteiger partial charge is 0.480 e. The topological polar surface area (TPSA) is 160 Å². The Hall–Kier alpha value is -3.18. The number of carbonyl (C=O) groups excluding carboxylic acids is 1. The van der Waals surface area contributed by atoms with Gasteiger partial charge in [-0.25, -0.2) is 14.4 Å². The highest BCUT2D eigenvalue weighted by Gasteiger charge is 2.37. The van der Waals surface area contributed by atoms with E-state index < -0.39 is 24.1 Å². The second-order valence-corrected chi connectivity index (χ2v) is 6.99. The maximum Gasteiger partial charge on any atom is 0.414 e. The molecule has 1 unspecified atom stereocenters. The van der Waals surface area contributed by atoms with Gasteiger partial charge in [-0.05, 0) is 24.3 Å². The van der Waals surface area contributed by atoms with Gasteiger partial charge in [0.1, 0.15) is 11.9 Å². The number of nitrogens with one attached hydrogen (secondary N) is 1. The predicted octanol–water partition coefficient (Wildman–Crippen LogP) is -0.549. The molecule has 11 heteroatoms. The SMILES string of the molecule is N=C(N)c1ccc(N2CC(CN3CCN(C(C(=O)O)C(=O)O)CC3)OC2=O)cc1. The molecule has 0 spiro atoms. The number of hydrogen-bond donors (Lipinski definition) is 4. The molecule has 5 N–H and O–H groups in total. The third kappa shape index (κ3) is 4.63. The summed E-state index contributed by atoms with van der Waals surface area (Å²) in [5.41, 5.74) is 6.65. The maximum atomic E-state index is 12.2. The number of carboxylic acid groups (broad SMARTS) is 2. The molecule has 0 aliphatic carbocycles. The van der Waals surface area contributed by atoms with Crippen molar-refractivity contribution in [3.8, 4) is 0 Å². The summed E-state index contributed by atoms with van der Waals surface area (Å²) in [6.45, 7) is 2.43. The molecule has 11 nitrogen and oxygen atoms in total. The number of nitrogens with zero attached hydrogens (tertiary/aromatic N) is 3. The fourth-order valence-corrected chi connectivity index (χ4v) is 3.56. The Morgan fingerprint density at radius 3 is 2.24 bits per heavy atom. The van der Waals surface area contributed by atoms with Crippen molar-refractivity contribution in [1.82, 2.24) is 9.80 Å². The highest BCUT2D eigenvalue weighted by molar-refractivity contribution is 5.97.